The third-order valence-electron chi connectivity index (χ3n) is 9.14. The average molecular weight is 624 g/mol. The van der Waals surface area contributed by atoms with Crippen LogP contribution in [0.15, 0.2) is 48.5 Å². The van der Waals surface area contributed by atoms with Gasteiger partial charge in [0.1, 0.15) is 23.0 Å². The lowest BCUT2D eigenvalue weighted by Crippen LogP contribution is -2.20. The minimum atomic E-state index is -1.02. The summed E-state index contributed by atoms with van der Waals surface area (Å²) in [7, 11) is 0. The Kier molecular flexibility index (Phi) is 4.91. The Morgan fingerprint density at radius 3 is 0.891 bits per heavy atom. The molecule has 16 nitrogen and oxygen atoms in total. The highest BCUT2D eigenvalue weighted by Gasteiger charge is 2.50. The molecule has 0 saturated carbocycles. The van der Waals surface area contributed by atoms with Gasteiger partial charge in [0.25, 0.3) is 35.3 Å². The summed E-state index contributed by atoms with van der Waals surface area (Å²) < 4.78 is 25.0. The van der Waals surface area contributed by atoms with Gasteiger partial charge in [0, 0.05) is 106 Å². The summed E-state index contributed by atoms with van der Waals surface area (Å²) in [5.41, 5.74) is 1.71. The number of benzene rings is 4. The number of nitrogens with zero attached hydrogens (tertiary/aromatic N) is 4. The van der Waals surface area contributed by atoms with Crippen LogP contribution in [0.2, 0.25) is 0 Å². The van der Waals surface area contributed by atoms with E-state index in [-0.39, 0.29) is 58.6 Å². The molecule has 0 saturated heterocycles. The van der Waals surface area contributed by atoms with Crippen LogP contribution >= 0.6 is 0 Å². The number of non-ortho nitro benzene ring substituents is 4. The summed E-state index contributed by atoms with van der Waals surface area (Å²) in [5, 5.41) is 48.4. The molecule has 0 amide bonds. The first-order valence-electron chi connectivity index (χ1n) is 14.0. The fraction of sp³-hybridized carbons (Fsp3) is 0.200. The van der Waals surface area contributed by atoms with Crippen LogP contribution in [0.1, 0.15) is 56.3 Å². The molecular weight excluding hydrogens is 608 g/mol. The van der Waals surface area contributed by atoms with Crippen LogP contribution in [0, 0.1) is 40.5 Å². The normalized spacial score (nSPS) is 21.4. The van der Waals surface area contributed by atoms with E-state index in [9.17, 15) is 40.5 Å². The van der Waals surface area contributed by atoms with Crippen LogP contribution < -0.4 is 18.9 Å². The zero-order valence-electron chi connectivity index (χ0n) is 23.0. The zero-order valence-corrected chi connectivity index (χ0v) is 23.0. The van der Waals surface area contributed by atoms with Crippen LogP contribution in [-0.2, 0) is 12.8 Å². The quantitative estimate of drug-likeness (QED) is 0.209. The van der Waals surface area contributed by atoms with Gasteiger partial charge in [-0.2, -0.15) is 0 Å². The third kappa shape index (κ3) is 3.42. The number of hydrogen-bond donors (Lipinski definition) is 0. The summed E-state index contributed by atoms with van der Waals surface area (Å²) in [4.78, 5) is 46.1. The van der Waals surface area contributed by atoms with Crippen molar-refractivity contribution in [1.29, 1.82) is 0 Å². The molecule has 4 aromatic rings. The second-order valence-corrected chi connectivity index (χ2v) is 11.6. The maximum absolute atomic E-state index is 12.1. The second-order valence-electron chi connectivity index (χ2n) is 11.6. The van der Waals surface area contributed by atoms with E-state index in [0.29, 0.717) is 44.5 Å². The number of nitro benzene ring substituents is 4. The van der Waals surface area contributed by atoms with Crippen LogP contribution in [0.4, 0.5) is 22.7 Å². The van der Waals surface area contributed by atoms with E-state index in [1.165, 1.54) is 48.5 Å². The van der Waals surface area contributed by atoms with Crippen molar-refractivity contribution in [3.8, 4) is 23.0 Å². The van der Waals surface area contributed by atoms with Crippen LogP contribution in [0.5, 0.6) is 23.0 Å². The first-order chi connectivity index (χ1) is 22.0. The van der Waals surface area contributed by atoms with Gasteiger partial charge in [0.2, 0.25) is 0 Å². The predicted octanol–water partition coefficient (Wildman–Crippen LogP) is 5.30. The molecule has 0 atom stereocenters. The van der Waals surface area contributed by atoms with Gasteiger partial charge < -0.3 is 18.9 Å². The minimum absolute atomic E-state index is 0.0903. The first-order valence-corrected chi connectivity index (χ1v) is 14.0. The van der Waals surface area contributed by atoms with Gasteiger partial charge in [-0.1, -0.05) is 0 Å². The predicted molar refractivity (Wildman–Crippen MR) is 152 cm³/mol. The molecule has 6 heterocycles. The highest BCUT2D eigenvalue weighted by Crippen LogP contribution is 2.58. The lowest BCUT2D eigenvalue weighted by molar-refractivity contribution is -0.385. The summed E-state index contributed by atoms with van der Waals surface area (Å²) in [6.45, 7) is 0. The van der Waals surface area contributed by atoms with Crippen molar-refractivity contribution in [3.05, 3.63) is 133 Å². The molecule has 6 aliphatic heterocycles. The Bertz CT molecular complexity index is 1880. The molecule has 0 N–H and O–H groups in total. The Balaban J connectivity index is 1.38. The van der Waals surface area contributed by atoms with E-state index < -0.39 is 44.1 Å². The molecule has 16 bridgehead atoms. The van der Waals surface area contributed by atoms with E-state index >= 15 is 0 Å². The third-order valence-corrected chi connectivity index (χ3v) is 9.14. The van der Waals surface area contributed by atoms with Gasteiger partial charge in [-0.25, -0.2) is 0 Å². The summed E-state index contributed by atoms with van der Waals surface area (Å²) in [6, 6.07) is 10.6. The fourth-order valence-electron chi connectivity index (χ4n) is 7.35. The summed E-state index contributed by atoms with van der Waals surface area (Å²) in [6.07, 6.45) is -2.23. The molecule has 10 rings (SSSR count). The standard InChI is InChI=1S/C30H16N4O12/c35-31(36)15-3-11-1-12-4-16(32(37)38)8-20-24-22-10-18(34(41)42)6-14(28(22)46-30(24)44-26(12)20)2-13-5-17(33(39)40)9-21-23-19(7-15)25(11)43-29(23)45-27(13)21/h3-10,23-24,29-30H,1-2H2. The SMILES string of the molecule is O=[N+]([O-])c1cc2c3c(c1)C1c4cc([N+](=O)[O-])cc(c4OC1O3)Cc1cc([N+](=O)[O-])cc3c1OC1Oc4c(cc([N+](=O)[O-])cc4C31)C2. The van der Waals surface area contributed by atoms with Gasteiger partial charge in [-0.05, 0) is 0 Å². The van der Waals surface area contributed by atoms with Crippen molar-refractivity contribution in [2.75, 3.05) is 0 Å². The van der Waals surface area contributed by atoms with E-state index in [1.54, 1.807) is 0 Å². The summed E-state index contributed by atoms with van der Waals surface area (Å²) >= 11 is 0. The largest absolute Gasteiger partial charge is 0.453 e. The Labute approximate surface area is 255 Å². The minimum Gasteiger partial charge on any atom is -0.453 e. The lowest BCUT2D eigenvalue weighted by Gasteiger charge is -2.18. The monoisotopic (exact) mass is 624 g/mol. The average Bonchev–Trinajstić information content (AvgIpc) is 3.74. The van der Waals surface area contributed by atoms with Crippen molar-refractivity contribution in [3.63, 3.8) is 0 Å². The maximum Gasteiger partial charge on any atom is 0.270 e. The molecule has 0 radical (unpaired) electrons. The molecule has 4 aromatic carbocycles. The van der Waals surface area contributed by atoms with Gasteiger partial charge >= 0.3 is 0 Å². The number of hydrogen-bond acceptors (Lipinski definition) is 12. The van der Waals surface area contributed by atoms with E-state index in [1.807, 2.05) is 0 Å². The first kappa shape index (κ1) is 26.1. The number of ether oxygens (including phenoxy) is 4. The topological polar surface area (TPSA) is 209 Å². The molecule has 46 heavy (non-hydrogen) atoms. The van der Waals surface area contributed by atoms with Crippen molar-refractivity contribution >= 4 is 22.7 Å². The highest BCUT2D eigenvalue weighted by atomic mass is 16.7. The molecule has 0 spiro atoms. The van der Waals surface area contributed by atoms with Crippen LogP contribution in [-0.4, -0.2) is 32.3 Å². The molecule has 0 aliphatic carbocycles. The highest BCUT2D eigenvalue weighted by molar-refractivity contribution is 5.68. The Hall–Kier alpha value is -6.32. The van der Waals surface area contributed by atoms with E-state index in [4.69, 9.17) is 18.9 Å². The van der Waals surface area contributed by atoms with Crippen molar-refractivity contribution in [1.82, 2.24) is 0 Å². The fourth-order valence-corrected chi connectivity index (χ4v) is 7.35. The van der Waals surface area contributed by atoms with Crippen molar-refractivity contribution in [2.45, 2.75) is 37.3 Å². The van der Waals surface area contributed by atoms with Gasteiger partial charge in [0.15, 0.2) is 0 Å². The Morgan fingerprint density at radius 2 is 0.674 bits per heavy atom. The second kappa shape index (κ2) is 8.65. The Morgan fingerprint density at radius 1 is 0.435 bits per heavy atom. The van der Waals surface area contributed by atoms with E-state index in [2.05, 4.69) is 0 Å². The molecule has 6 aliphatic rings. The maximum atomic E-state index is 12.1. The van der Waals surface area contributed by atoms with Crippen molar-refractivity contribution < 1.29 is 38.6 Å². The molecular formula is C30H16N4O12. The number of nitro groups is 4. The van der Waals surface area contributed by atoms with Crippen molar-refractivity contribution in [2.24, 2.45) is 0 Å². The molecule has 0 aromatic heterocycles. The molecule has 16 heteroatoms. The molecule has 0 fully saturated rings. The number of rotatable bonds is 4. The lowest BCUT2D eigenvalue weighted by atomic mass is 9.86. The molecule has 228 valence electrons. The van der Waals surface area contributed by atoms with Gasteiger partial charge in [-0.15, -0.1) is 0 Å². The summed E-state index contributed by atoms with van der Waals surface area (Å²) in [5.74, 6) is -0.484. The van der Waals surface area contributed by atoms with Crippen LogP contribution in [0.3, 0.4) is 0 Å². The zero-order chi connectivity index (χ0) is 31.8. The molecule has 0 unspecified atom stereocenters. The van der Waals surface area contributed by atoms with Gasteiger partial charge in [-0.3, -0.25) is 40.5 Å². The van der Waals surface area contributed by atoms with Crippen LogP contribution in [0.25, 0.3) is 0 Å². The van der Waals surface area contributed by atoms with E-state index in [0.717, 1.165) is 0 Å². The van der Waals surface area contributed by atoms with Gasteiger partial charge in [0.05, 0.1) is 31.5 Å². The smallest absolute Gasteiger partial charge is 0.270 e.